The van der Waals surface area contributed by atoms with Crippen molar-refractivity contribution in [3.8, 4) is 10.4 Å². The van der Waals surface area contributed by atoms with Crippen LogP contribution < -0.4 is 5.32 Å². The van der Waals surface area contributed by atoms with E-state index < -0.39 is 0 Å². The summed E-state index contributed by atoms with van der Waals surface area (Å²) < 4.78 is 0. The number of hydrogen-bond donors (Lipinski definition) is 1. The molecule has 2 aromatic rings. The molecule has 0 atom stereocenters. The zero-order valence-electron chi connectivity index (χ0n) is 11.8. The van der Waals surface area contributed by atoms with Crippen molar-refractivity contribution in [1.29, 1.82) is 0 Å². The number of hydrogen-bond acceptors (Lipinski definition) is 3. The Hall–Kier alpha value is -1.07. The van der Waals surface area contributed by atoms with E-state index in [1.54, 1.807) is 18.0 Å². The monoisotopic (exact) mass is 342 g/mol. The van der Waals surface area contributed by atoms with Crippen LogP contribution in [0, 0.1) is 0 Å². The predicted molar refractivity (Wildman–Crippen MR) is 90.7 cm³/mol. The molecule has 0 radical (unpaired) electrons. The minimum atomic E-state index is 0.0292. The number of amides is 1. The molecule has 1 N–H and O–H groups in total. The van der Waals surface area contributed by atoms with Crippen LogP contribution >= 0.6 is 34.5 Å². The van der Waals surface area contributed by atoms with Gasteiger partial charge < -0.3 is 10.2 Å². The van der Waals surface area contributed by atoms with Crippen LogP contribution in [-0.4, -0.2) is 38.0 Å². The Kier molecular flexibility index (Phi) is 5.65. The van der Waals surface area contributed by atoms with Gasteiger partial charge in [0.2, 0.25) is 0 Å². The number of nitrogens with one attached hydrogen (secondary N) is 1. The summed E-state index contributed by atoms with van der Waals surface area (Å²) in [5, 5.41) is 4.07. The second kappa shape index (κ2) is 7.27. The molecule has 0 saturated carbocycles. The van der Waals surface area contributed by atoms with E-state index in [4.69, 9.17) is 23.2 Å². The first-order chi connectivity index (χ1) is 10.0. The maximum absolute atomic E-state index is 12.3. The summed E-state index contributed by atoms with van der Waals surface area (Å²) >= 11 is 13.4. The number of carbonyl (C=O) groups is 1. The third-order valence-corrected chi connectivity index (χ3v) is 4.93. The molecule has 3 nitrogen and oxygen atoms in total. The zero-order chi connectivity index (χ0) is 15.4. The summed E-state index contributed by atoms with van der Waals surface area (Å²) in [7, 11) is 3.67. The molecule has 0 aliphatic rings. The number of likely N-dealkylation sites (N-methyl/N-ethyl adjacent to an activating group) is 2. The van der Waals surface area contributed by atoms with Gasteiger partial charge in [-0.05, 0) is 36.9 Å². The average Bonchev–Trinajstić information content (AvgIpc) is 2.96. The fraction of sp³-hybridized carbons (Fsp3) is 0.267. The molecule has 21 heavy (non-hydrogen) atoms. The van der Waals surface area contributed by atoms with E-state index >= 15 is 0 Å². The van der Waals surface area contributed by atoms with Crippen molar-refractivity contribution in [3.05, 3.63) is 45.3 Å². The van der Waals surface area contributed by atoms with Crippen molar-refractivity contribution < 1.29 is 4.79 Å². The lowest BCUT2D eigenvalue weighted by molar-refractivity contribution is 0.0801. The predicted octanol–water partition coefficient (Wildman–Crippen LogP) is 4.01. The highest BCUT2D eigenvalue weighted by molar-refractivity contribution is 7.17. The molecule has 0 spiro atoms. The molecule has 0 aliphatic carbocycles. The molecule has 112 valence electrons. The van der Waals surface area contributed by atoms with Crippen LogP contribution in [0.5, 0.6) is 0 Å². The Balaban J connectivity index is 2.17. The van der Waals surface area contributed by atoms with Gasteiger partial charge in [-0.15, -0.1) is 11.3 Å². The van der Waals surface area contributed by atoms with E-state index in [-0.39, 0.29) is 5.91 Å². The first-order valence-electron chi connectivity index (χ1n) is 6.48. The lowest BCUT2D eigenvalue weighted by Gasteiger charge is -2.15. The van der Waals surface area contributed by atoms with Crippen molar-refractivity contribution in [3.63, 3.8) is 0 Å². The van der Waals surface area contributed by atoms with Crippen molar-refractivity contribution in [2.24, 2.45) is 0 Å². The van der Waals surface area contributed by atoms with E-state index in [1.165, 1.54) is 11.3 Å². The molecule has 0 fully saturated rings. The highest BCUT2D eigenvalue weighted by atomic mass is 35.5. The smallest absolute Gasteiger partial charge is 0.263 e. The number of halogens is 2. The second-order valence-corrected chi connectivity index (χ2v) is 6.52. The van der Waals surface area contributed by atoms with Gasteiger partial charge in [0.25, 0.3) is 5.91 Å². The van der Waals surface area contributed by atoms with Gasteiger partial charge in [0.15, 0.2) is 0 Å². The maximum Gasteiger partial charge on any atom is 0.263 e. The largest absolute Gasteiger partial charge is 0.340 e. The normalized spacial score (nSPS) is 10.7. The number of rotatable bonds is 5. The number of thiophene rings is 1. The SMILES string of the molecule is CNCCN(C)C(=O)c1ccc(-c2ccc(Cl)c(Cl)c2)s1. The summed E-state index contributed by atoms with van der Waals surface area (Å²) in [5.41, 5.74) is 0.964. The second-order valence-electron chi connectivity index (χ2n) is 4.62. The third kappa shape index (κ3) is 3.98. The molecule has 1 heterocycles. The van der Waals surface area contributed by atoms with Crippen LogP contribution in [0.4, 0.5) is 0 Å². The van der Waals surface area contributed by atoms with E-state index in [0.717, 1.165) is 21.9 Å². The summed E-state index contributed by atoms with van der Waals surface area (Å²) in [5.74, 6) is 0.0292. The van der Waals surface area contributed by atoms with Crippen LogP contribution in [0.2, 0.25) is 10.0 Å². The maximum atomic E-state index is 12.3. The molecule has 1 aromatic carbocycles. The summed E-state index contributed by atoms with van der Waals surface area (Å²) in [6.07, 6.45) is 0. The number of carbonyl (C=O) groups excluding carboxylic acids is 1. The molecule has 0 bridgehead atoms. The molecule has 0 saturated heterocycles. The van der Waals surface area contributed by atoms with E-state index in [0.29, 0.717) is 16.6 Å². The fourth-order valence-electron chi connectivity index (χ4n) is 1.83. The topological polar surface area (TPSA) is 32.3 Å². The highest BCUT2D eigenvalue weighted by Crippen LogP contribution is 2.33. The van der Waals surface area contributed by atoms with Gasteiger partial charge in [-0.25, -0.2) is 0 Å². The van der Waals surface area contributed by atoms with Gasteiger partial charge in [-0.3, -0.25) is 4.79 Å². The summed E-state index contributed by atoms with van der Waals surface area (Å²) in [6.45, 7) is 1.45. The average molecular weight is 343 g/mol. The minimum absolute atomic E-state index is 0.0292. The number of nitrogens with zero attached hydrogens (tertiary/aromatic N) is 1. The van der Waals surface area contributed by atoms with Gasteiger partial charge in [0.05, 0.1) is 14.9 Å². The molecule has 0 aliphatic heterocycles. The molecular formula is C15H16Cl2N2OS. The Morgan fingerprint density at radius 2 is 2.00 bits per heavy atom. The molecule has 1 aromatic heterocycles. The first-order valence-corrected chi connectivity index (χ1v) is 8.05. The lowest BCUT2D eigenvalue weighted by Crippen LogP contribution is -2.32. The van der Waals surface area contributed by atoms with Crippen LogP contribution in [0.1, 0.15) is 9.67 Å². The number of benzene rings is 1. The standard InChI is InChI=1S/C15H16Cl2N2OS/c1-18-7-8-19(2)15(20)14-6-5-13(21-14)10-3-4-11(16)12(17)9-10/h3-6,9,18H,7-8H2,1-2H3. The van der Waals surface area contributed by atoms with Crippen LogP contribution in [0.25, 0.3) is 10.4 Å². The van der Waals surface area contributed by atoms with Crippen molar-refractivity contribution in [1.82, 2.24) is 10.2 Å². The lowest BCUT2D eigenvalue weighted by atomic mass is 10.2. The van der Waals surface area contributed by atoms with E-state index in [2.05, 4.69) is 5.32 Å². The highest BCUT2D eigenvalue weighted by Gasteiger charge is 2.14. The van der Waals surface area contributed by atoms with Gasteiger partial charge >= 0.3 is 0 Å². The zero-order valence-corrected chi connectivity index (χ0v) is 14.1. The third-order valence-electron chi connectivity index (χ3n) is 3.06. The molecule has 1 amide bonds. The van der Waals surface area contributed by atoms with Crippen molar-refractivity contribution >= 4 is 40.4 Å². The molecule has 6 heteroatoms. The van der Waals surface area contributed by atoms with Crippen molar-refractivity contribution in [2.45, 2.75) is 0 Å². The van der Waals surface area contributed by atoms with Crippen LogP contribution in [-0.2, 0) is 0 Å². The van der Waals surface area contributed by atoms with E-state index in [1.807, 2.05) is 31.3 Å². The summed E-state index contributed by atoms with van der Waals surface area (Å²) in [6, 6.07) is 9.26. The molecule has 2 rings (SSSR count). The molecule has 0 unspecified atom stereocenters. The van der Waals surface area contributed by atoms with Crippen molar-refractivity contribution in [2.75, 3.05) is 27.2 Å². The quantitative estimate of drug-likeness (QED) is 0.890. The van der Waals surface area contributed by atoms with Crippen LogP contribution in [0.15, 0.2) is 30.3 Å². The Morgan fingerprint density at radius 3 is 2.67 bits per heavy atom. The Labute approximate surface area is 138 Å². The van der Waals surface area contributed by atoms with Crippen LogP contribution in [0.3, 0.4) is 0 Å². The fourth-order valence-corrected chi connectivity index (χ4v) is 3.12. The van der Waals surface area contributed by atoms with Gasteiger partial charge in [0.1, 0.15) is 0 Å². The van der Waals surface area contributed by atoms with E-state index in [9.17, 15) is 4.79 Å². The first kappa shape index (κ1) is 16.3. The van der Waals surface area contributed by atoms with Gasteiger partial charge in [0, 0.05) is 25.0 Å². The summed E-state index contributed by atoms with van der Waals surface area (Å²) in [4.78, 5) is 15.7. The Bertz CT molecular complexity index is 642. The van der Waals surface area contributed by atoms with Gasteiger partial charge in [-0.2, -0.15) is 0 Å². The minimum Gasteiger partial charge on any atom is -0.340 e. The Morgan fingerprint density at radius 1 is 1.24 bits per heavy atom. The van der Waals surface area contributed by atoms with Gasteiger partial charge in [-0.1, -0.05) is 29.3 Å². The molecular weight excluding hydrogens is 327 g/mol.